The second-order valence-corrected chi connectivity index (χ2v) is 7.07. The summed E-state index contributed by atoms with van der Waals surface area (Å²) in [7, 11) is -0.902. The molecule has 4 heteroatoms. The SMILES string of the molecule is Nc1ccc(S(=O)CCC2CCCC2)c(Br)c1. The van der Waals surface area contributed by atoms with Gasteiger partial charge >= 0.3 is 0 Å². The number of nitrogens with two attached hydrogens (primary N) is 1. The lowest BCUT2D eigenvalue weighted by molar-refractivity contribution is 0.531. The summed E-state index contributed by atoms with van der Waals surface area (Å²) >= 11 is 3.43. The lowest BCUT2D eigenvalue weighted by Crippen LogP contribution is -2.04. The van der Waals surface area contributed by atoms with E-state index in [2.05, 4.69) is 15.9 Å². The molecule has 1 unspecified atom stereocenters. The highest BCUT2D eigenvalue weighted by molar-refractivity contribution is 9.10. The lowest BCUT2D eigenvalue weighted by atomic mass is 10.1. The number of halogens is 1. The van der Waals surface area contributed by atoms with Crippen molar-refractivity contribution in [3.8, 4) is 0 Å². The number of hydrogen-bond acceptors (Lipinski definition) is 2. The summed E-state index contributed by atoms with van der Waals surface area (Å²) in [6, 6.07) is 5.50. The van der Waals surface area contributed by atoms with Crippen LogP contribution < -0.4 is 5.73 Å². The van der Waals surface area contributed by atoms with Gasteiger partial charge in [-0.2, -0.15) is 0 Å². The molecule has 1 aromatic rings. The Morgan fingerprint density at radius 3 is 2.71 bits per heavy atom. The van der Waals surface area contributed by atoms with Crippen molar-refractivity contribution in [2.45, 2.75) is 37.0 Å². The van der Waals surface area contributed by atoms with Crippen LogP contribution >= 0.6 is 15.9 Å². The van der Waals surface area contributed by atoms with Gasteiger partial charge in [0.1, 0.15) is 0 Å². The maximum Gasteiger partial charge on any atom is 0.0541 e. The maximum absolute atomic E-state index is 12.2. The normalized spacial score (nSPS) is 18.4. The number of benzene rings is 1. The third-order valence-electron chi connectivity index (χ3n) is 3.39. The third kappa shape index (κ3) is 3.55. The van der Waals surface area contributed by atoms with E-state index in [0.29, 0.717) is 5.69 Å². The van der Waals surface area contributed by atoms with E-state index in [1.807, 2.05) is 18.2 Å². The first-order valence-electron chi connectivity index (χ1n) is 6.10. The fourth-order valence-electron chi connectivity index (χ4n) is 2.38. The van der Waals surface area contributed by atoms with E-state index in [4.69, 9.17) is 5.73 Å². The summed E-state index contributed by atoms with van der Waals surface area (Å²) in [6.45, 7) is 0. The van der Waals surface area contributed by atoms with Gasteiger partial charge in [0.2, 0.25) is 0 Å². The van der Waals surface area contributed by atoms with E-state index in [-0.39, 0.29) is 0 Å². The van der Waals surface area contributed by atoms with Crippen LogP contribution in [0.1, 0.15) is 32.1 Å². The summed E-state index contributed by atoms with van der Waals surface area (Å²) in [5, 5.41) is 0. The van der Waals surface area contributed by atoms with Gasteiger partial charge in [-0.1, -0.05) is 25.7 Å². The Morgan fingerprint density at radius 2 is 2.06 bits per heavy atom. The molecule has 1 saturated carbocycles. The maximum atomic E-state index is 12.2. The van der Waals surface area contributed by atoms with Crippen molar-refractivity contribution in [2.75, 3.05) is 11.5 Å². The minimum Gasteiger partial charge on any atom is -0.399 e. The largest absolute Gasteiger partial charge is 0.399 e. The Bertz CT molecular complexity index is 416. The smallest absolute Gasteiger partial charge is 0.0541 e. The van der Waals surface area contributed by atoms with Crippen LogP contribution in [-0.2, 0) is 10.8 Å². The van der Waals surface area contributed by atoms with Gasteiger partial charge in [0.05, 0.1) is 15.7 Å². The zero-order valence-electron chi connectivity index (χ0n) is 9.82. The molecule has 1 aliphatic carbocycles. The molecule has 1 aromatic carbocycles. The Labute approximate surface area is 114 Å². The van der Waals surface area contributed by atoms with Gasteiger partial charge in [0.15, 0.2) is 0 Å². The molecule has 0 aliphatic heterocycles. The highest BCUT2D eigenvalue weighted by Gasteiger charge is 2.17. The summed E-state index contributed by atoms with van der Waals surface area (Å²) in [5.74, 6) is 1.57. The first-order valence-corrected chi connectivity index (χ1v) is 8.21. The van der Waals surface area contributed by atoms with Gasteiger partial charge in [-0.3, -0.25) is 4.21 Å². The third-order valence-corrected chi connectivity index (χ3v) is 5.76. The van der Waals surface area contributed by atoms with E-state index in [1.54, 1.807) is 0 Å². The van der Waals surface area contributed by atoms with Gasteiger partial charge in [0, 0.05) is 15.9 Å². The van der Waals surface area contributed by atoms with Crippen molar-refractivity contribution in [1.29, 1.82) is 0 Å². The lowest BCUT2D eigenvalue weighted by Gasteiger charge is -2.09. The molecule has 0 heterocycles. The zero-order valence-corrected chi connectivity index (χ0v) is 12.2. The summed E-state index contributed by atoms with van der Waals surface area (Å²) in [6.07, 6.45) is 6.43. The number of nitrogen functional groups attached to an aromatic ring is 1. The van der Waals surface area contributed by atoms with Crippen molar-refractivity contribution in [3.05, 3.63) is 22.7 Å². The average Bonchev–Trinajstić information content (AvgIpc) is 2.78. The molecule has 0 radical (unpaired) electrons. The summed E-state index contributed by atoms with van der Waals surface area (Å²) in [5.41, 5.74) is 6.37. The molecule has 2 rings (SSSR count). The average molecular weight is 316 g/mol. The van der Waals surface area contributed by atoms with E-state index in [1.165, 1.54) is 25.7 Å². The molecule has 0 amide bonds. The Hall–Kier alpha value is -0.350. The molecule has 0 spiro atoms. The van der Waals surface area contributed by atoms with Gasteiger partial charge in [0.25, 0.3) is 0 Å². The molecule has 1 atom stereocenters. The van der Waals surface area contributed by atoms with Gasteiger partial charge in [-0.15, -0.1) is 0 Å². The topological polar surface area (TPSA) is 43.1 Å². The number of hydrogen-bond donors (Lipinski definition) is 1. The second-order valence-electron chi connectivity index (χ2n) is 4.68. The molecule has 0 saturated heterocycles. The molecule has 1 aliphatic rings. The van der Waals surface area contributed by atoms with E-state index in [9.17, 15) is 4.21 Å². The van der Waals surface area contributed by atoms with Crippen LogP contribution in [0, 0.1) is 5.92 Å². The predicted octanol–water partition coefficient (Wildman–Crippen LogP) is 3.72. The van der Waals surface area contributed by atoms with Crippen molar-refractivity contribution in [3.63, 3.8) is 0 Å². The van der Waals surface area contributed by atoms with E-state index in [0.717, 1.165) is 27.5 Å². The molecular weight excluding hydrogens is 298 g/mol. The highest BCUT2D eigenvalue weighted by atomic mass is 79.9. The minimum absolute atomic E-state index is 0.702. The predicted molar refractivity (Wildman–Crippen MR) is 76.4 cm³/mol. The van der Waals surface area contributed by atoms with Crippen molar-refractivity contribution in [2.24, 2.45) is 5.92 Å². The Balaban J connectivity index is 1.94. The molecule has 0 aromatic heterocycles. The van der Waals surface area contributed by atoms with Gasteiger partial charge in [-0.25, -0.2) is 0 Å². The standard InChI is InChI=1S/C13H18BrNOS/c14-12-9-11(15)5-6-13(12)17(16)8-7-10-3-1-2-4-10/h5-6,9-10H,1-4,7-8,15H2. The van der Waals surface area contributed by atoms with Crippen LogP contribution in [0.5, 0.6) is 0 Å². The van der Waals surface area contributed by atoms with Crippen molar-refractivity contribution >= 4 is 32.4 Å². The molecule has 17 heavy (non-hydrogen) atoms. The highest BCUT2D eigenvalue weighted by Crippen LogP contribution is 2.29. The quantitative estimate of drug-likeness (QED) is 0.860. The van der Waals surface area contributed by atoms with Crippen LogP contribution in [0.25, 0.3) is 0 Å². The Morgan fingerprint density at radius 1 is 1.35 bits per heavy atom. The van der Waals surface area contributed by atoms with Crippen LogP contribution in [-0.4, -0.2) is 9.96 Å². The summed E-state index contributed by atoms with van der Waals surface area (Å²) in [4.78, 5) is 0.872. The number of rotatable bonds is 4. The van der Waals surface area contributed by atoms with E-state index >= 15 is 0 Å². The molecule has 2 nitrogen and oxygen atoms in total. The molecule has 94 valence electrons. The van der Waals surface area contributed by atoms with Crippen LogP contribution in [0.4, 0.5) is 5.69 Å². The zero-order chi connectivity index (χ0) is 12.3. The fourth-order valence-corrected chi connectivity index (χ4v) is 4.59. The van der Waals surface area contributed by atoms with Crippen LogP contribution in [0.3, 0.4) is 0 Å². The van der Waals surface area contributed by atoms with Crippen LogP contribution in [0.2, 0.25) is 0 Å². The monoisotopic (exact) mass is 315 g/mol. The van der Waals surface area contributed by atoms with Crippen molar-refractivity contribution in [1.82, 2.24) is 0 Å². The minimum atomic E-state index is -0.902. The first-order chi connectivity index (χ1) is 8.16. The van der Waals surface area contributed by atoms with Gasteiger partial charge < -0.3 is 5.73 Å². The fraction of sp³-hybridized carbons (Fsp3) is 0.538. The molecule has 0 bridgehead atoms. The molecule has 1 fully saturated rings. The Kier molecular flexibility index (Phi) is 4.62. The van der Waals surface area contributed by atoms with Crippen LogP contribution in [0.15, 0.2) is 27.6 Å². The van der Waals surface area contributed by atoms with Crippen molar-refractivity contribution < 1.29 is 4.21 Å². The first kappa shape index (κ1) is 13.1. The number of anilines is 1. The van der Waals surface area contributed by atoms with Gasteiger partial charge in [-0.05, 0) is 46.5 Å². The second kappa shape index (κ2) is 6.01. The summed E-state index contributed by atoms with van der Waals surface area (Å²) < 4.78 is 13.0. The molecule has 2 N–H and O–H groups in total. The van der Waals surface area contributed by atoms with E-state index < -0.39 is 10.8 Å². The molecular formula is C13H18BrNOS.